The van der Waals surface area contributed by atoms with Crippen LogP contribution in [0.1, 0.15) is 33.1 Å². The Balaban J connectivity index is 1.63. The van der Waals surface area contributed by atoms with E-state index in [1.807, 2.05) is 26.0 Å². The van der Waals surface area contributed by atoms with E-state index in [0.717, 1.165) is 18.4 Å². The van der Waals surface area contributed by atoms with Crippen molar-refractivity contribution in [3.05, 3.63) is 59.9 Å². The first kappa shape index (κ1) is 19.8. The van der Waals surface area contributed by atoms with Gasteiger partial charge in [-0.2, -0.15) is 0 Å². The molecule has 1 amide bonds. The summed E-state index contributed by atoms with van der Waals surface area (Å²) in [7, 11) is 1.32. The fourth-order valence-electron chi connectivity index (χ4n) is 3.20. The molecular weight excluding hydrogens is 362 g/mol. The quantitative estimate of drug-likeness (QED) is 0.624. The Morgan fingerprint density at radius 1 is 1.32 bits per heavy atom. The zero-order valence-electron chi connectivity index (χ0n) is 16.3. The third-order valence-corrected chi connectivity index (χ3v) is 4.55. The molecule has 0 radical (unpaired) electrons. The van der Waals surface area contributed by atoms with E-state index in [2.05, 4.69) is 6.08 Å². The first-order valence-corrected chi connectivity index (χ1v) is 9.34. The van der Waals surface area contributed by atoms with Gasteiger partial charge in [-0.1, -0.05) is 32.1 Å². The van der Waals surface area contributed by atoms with E-state index in [9.17, 15) is 9.59 Å². The van der Waals surface area contributed by atoms with Crippen LogP contribution in [0.4, 0.5) is 0 Å². The van der Waals surface area contributed by atoms with E-state index in [1.54, 1.807) is 0 Å². The number of hydrogen-bond donors (Lipinski definition) is 0. The molecule has 0 N–H and O–H groups in total. The third kappa shape index (κ3) is 4.65. The summed E-state index contributed by atoms with van der Waals surface area (Å²) in [5.74, 6) is 0.611. The molecule has 3 rings (SSSR count). The fourth-order valence-corrected chi connectivity index (χ4v) is 3.20. The maximum absolute atomic E-state index is 12.4. The summed E-state index contributed by atoms with van der Waals surface area (Å²) in [6.07, 6.45) is 12.5. The molecule has 1 atom stereocenters. The SMILES string of the molecule is COC(=O)[C@H](CC(C)C)N1CC(OC2=COC=C(C3=CC=CCC3)O2)=CC1=O. The van der Waals surface area contributed by atoms with Crippen LogP contribution in [0.5, 0.6) is 0 Å². The molecule has 1 aliphatic carbocycles. The Bertz CT molecular complexity index is 787. The highest BCUT2D eigenvalue weighted by Crippen LogP contribution is 2.29. The summed E-state index contributed by atoms with van der Waals surface area (Å²) < 4.78 is 21.7. The minimum atomic E-state index is -0.651. The summed E-state index contributed by atoms with van der Waals surface area (Å²) >= 11 is 0. The molecule has 0 spiro atoms. The second kappa shape index (κ2) is 8.82. The van der Waals surface area contributed by atoms with Crippen LogP contribution in [0.2, 0.25) is 0 Å². The van der Waals surface area contributed by atoms with Gasteiger partial charge in [-0.25, -0.2) is 4.79 Å². The van der Waals surface area contributed by atoms with Gasteiger partial charge in [-0.3, -0.25) is 4.79 Å². The smallest absolute Gasteiger partial charge is 0.328 e. The van der Waals surface area contributed by atoms with Gasteiger partial charge in [0.15, 0.2) is 12.0 Å². The number of allylic oxidation sites excluding steroid dienone is 4. The number of carbonyl (C=O) groups excluding carboxylic acids is 2. The van der Waals surface area contributed by atoms with Crippen LogP contribution in [0, 0.1) is 5.92 Å². The molecule has 3 aliphatic rings. The molecule has 7 heteroatoms. The fraction of sp³-hybridized carbons (Fsp3) is 0.429. The Morgan fingerprint density at radius 3 is 2.82 bits per heavy atom. The number of ether oxygens (including phenoxy) is 4. The monoisotopic (exact) mass is 387 g/mol. The molecule has 0 aromatic carbocycles. The summed E-state index contributed by atoms with van der Waals surface area (Å²) in [6.45, 7) is 4.14. The van der Waals surface area contributed by atoms with Gasteiger partial charge in [0.2, 0.25) is 0 Å². The number of amides is 1. The van der Waals surface area contributed by atoms with Crippen LogP contribution < -0.4 is 0 Å². The van der Waals surface area contributed by atoms with Crippen LogP contribution in [-0.4, -0.2) is 36.5 Å². The molecule has 0 fully saturated rings. The van der Waals surface area contributed by atoms with E-state index < -0.39 is 12.0 Å². The van der Waals surface area contributed by atoms with Gasteiger partial charge in [0, 0.05) is 6.08 Å². The minimum absolute atomic E-state index is 0.146. The molecule has 28 heavy (non-hydrogen) atoms. The van der Waals surface area contributed by atoms with Gasteiger partial charge in [-0.15, -0.1) is 0 Å². The van der Waals surface area contributed by atoms with Crippen LogP contribution in [0.25, 0.3) is 0 Å². The van der Waals surface area contributed by atoms with Crippen LogP contribution >= 0.6 is 0 Å². The van der Waals surface area contributed by atoms with E-state index in [1.165, 1.54) is 30.6 Å². The van der Waals surface area contributed by atoms with Gasteiger partial charge < -0.3 is 23.8 Å². The Kier molecular flexibility index (Phi) is 6.23. The minimum Gasteiger partial charge on any atom is -0.467 e. The largest absolute Gasteiger partial charge is 0.467 e. The second-order valence-corrected chi connectivity index (χ2v) is 7.16. The third-order valence-electron chi connectivity index (χ3n) is 4.55. The van der Waals surface area contributed by atoms with Crippen LogP contribution in [0.15, 0.2) is 59.9 Å². The lowest BCUT2D eigenvalue weighted by Crippen LogP contribution is -2.44. The first-order valence-electron chi connectivity index (χ1n) is 9.34. The standard InChI is InChI=1S/C21H25NO6/c1-14(2)9-17(21(24)25-3)22-11-16(10-19(22)23)27-20-13-26-12-18(28-20)15-7-5-4-6-8-15/h4-5,7,10,12-14,17H,6,8-9,11H2,1-3H3/t17-/m0/s1. The first-order chi connectivity index (χ1) is 13.5. The van der Waals surface area contributed by atoms with E-state index >= 15 is 0 Å². The molecule has 150 valence electrons. The number of hydrogen-bond acceptors (Lipinski definition) is 6. The lowest BCUT2D eigenvalue weighted by molar-refractivity contribution is -0.151. The molecule has 0 saturated heterocycles. The van der Waals surface area contributed by atoms with Crippen LogP contribution in [0.3, 0.4) is 0 Å². The number of rotatable bonds is 7. The van der Waals surface area contributed by atoms with Gasteiger partial charge in [0.1, 0.15) is 18.1 Å². The summed E-state index contributed by atoms with van der Waals surface area (Å²) in [4.78, 5) is 26.0. The average molecular weight is 387 g/mol. The summed E-state index contributed by atoms with van der Waals surface area (Å²) in [5.41, 5.74) is 1.01. The maximum atomic E-state index is 12.4. The predicted octanol–water partition coefficient (Wildman–Crippen LogP) is 3.28. The van der Waals surface area contributed by atoms with Crippen molar-refractivity contribution in [2.75, 3.05) is 13.7 Å². The second-order valence-electron chi connectivity index (χ2n) is 7.16. The van der Waals surface area contributed by atoms with Crippen molar-refractivity contribution in [2.45, 2.75) is 39.2 Å². The highest BCUT2D eigenvalue weighted by molar-refractivity contribution is 5.94. The summed E-state index contributed by atoms with van der Waals surface area (Å²) in [5, 5.41) is 0. The van der Waals surface area contributed by atoms with Crippen LogP contribution in [-0.2, 0) is 28.5 Å². The number of nitrogens with zero attached hydrogens (tertiary/aromatic N) is 1. The van der Waals surface area contributed by atoms with Crippen molar-refractivity contribution >= 4 is 11.9 Å². The zero-order chi connectivity index (χ0) is 20.1. The highest BCUT2D eigenvalue weighted by Gasteiger charge is 2.35. The van der Waals surface area contributed by atoms with E-state index in [-0.39, 0.29) is 24.3 Å². The molecule has 2 aliphatic heterocycles. The molecule has 0 aromatic heterocycles. The molecular formula is C21H25NO6. The Labute approximate surface area is 164 Å². The van der Waals surface area contributed by atoms with Crippen molar-refractivity contribution in [2.24, 2.45) is 5.92 Å². The molecule has 0 saturated carbocycles. The van der Waals surface area contributed by atoms with Gasteiger partial charge in [0.25, 0.3) is 5.91 Å². The highest BCUT2D eigenvalue weighted by atomic mass is 16.7. The van der Waals surface area contributed by atoms with E-state index in [4.69, 9.17) is 18.9 Å². The molecule has 0 bridgehead atoms. The van der Waals surface area contributed by atoms with Gasteiger partial charge in [0.05, 0.1) is 13.7 Å². The Morgan fingerprint density at radius 2 is 2.14 bits per heavy atom. The number of methoxy groups -OCH3 is 1. The molecule has 0 aromatic rings. The maximum Gasteiger partial charge on any atom is 0.328 e. The van der Waals surface area contributed by atoms with Gasteiger partial charge in [-0.05, 0) is 30.8 Å². The van der Waals surface area contributed by atoms with Crippen molar-refractivity contribution < 1.29 is 28.5 Å². The topological polar surface area (TPSA) is 74.3 Å². The van der Waals surface area contributed by atoms with Crippen molar-refractivity contribution in [1.29, 1.82) is 0 Å². The average Bonchev–Trinajstić information content (AvgIpc) is 3.06. The molecule has 7 nitrogen and oxygen atoms in total. The van der Waals surface area contributed by atoms with E-state index in [0.29, 0.717) is 17.9 Å². The zero-order valence-corrected chi connectivity index (χ0v) is 16.3. The van der Waals surface area contributed by atoms with Crippen molar-refractivity contribution in [1.82, 2.24) is 4.90 Å². The Hall–Kier alpha value is -2.96. The van der Waals surface area contributed by atoms with Gasteiger partial charge >= 0.3 is 11.9 Å². The lowest BCUT2D eigenvalue weighted by Gasteiger charge is -2.27. The predicted molar refractivity (Wildman–Crippen MR) is 101 cm³/mol. The molecule has 2 heterocycles. The van der Waals surface area contributed by atoms with Crippen molar-refractivity contribution in [3.8, 4) is 0 Å². The summed E-state index contributed by atoms with van der Waals surface area (Å²) in [6, 6.07) is -0.651. The molecule has 0 unspecified atom stereocenters. The lowest BCUT2D eigenvalue weighted by atomic mass is 10.0. The normalized spacial score (nSPS) is 19.9. The number of carbonyl (C=O) groups is 2. The number of esters is 1. The van der Waals surface area contributed by atoms with Crippen molar-refractivity contribution in [3.63, 3.8) is 0 Å².